The van der Waals surface area contributed by atoms with E-state index in [2.05, 4.69) is 50.2 Å². The van der Waals surface area contributed by atoms with Crippen molar-refractivity contribution in [1.82, 2.24) is 0 Å². The molecule has 0 aliphatic rings. The van der Waals surface area contributed by atoms with Gasteiger partial charge in [0.1, 0.15) is 5.78 Å². The van der Waals surface area contributed by atoms with Crippen LogP contribution in [-0.2, 0) is 22.4 Å². The van der Waals surface area contributed by atoms with Gasteiger partial charge in [-0.2, -0.15) is 0 Å². The Morgan fingerprint density at radius 2 is 1.34 bits per heavy atom. The second-order valence-corrected chi connectivity index (χ2v) is 9.01. The van der Waals surface area contributed by atoms with Gasteiger partial charge in [0.25, 0.3) is 0 Å². The molecule has 2 aromatic rings. The van der Waals surface area contributed by atoms with Crippen LogP contribution in [0.25, 0.3) is 0 Å². The Bertz CT molecular complexity index is 820. The van der Waals surface area contributed by atoms with Crippen molar-refractivity contribution >= 4 is 11.6 Å². The van der Waals surface area contributed by atoms with Crippen molar-refractivity contribution in [1.29, 1.82) is 0 Å². The lowest BCUT2D eigenvalue weighted by molar-refractivity contribution is -0.121. The van der Waals surface area contributed by atoms with E-state index in [-0.39, 0.29) is 11.2 Å². The molecule has 0 N–H and O–H groups in total. The van der Waals surface area contributed by atoms with E-state index in [1.807, 2.05) is 45.0 Å². The van der Waals surface area contributed by atoms with Crippen LogP contribution in [0.3, 0.4) is 0 Å². The van der Waals surface area contributed by atoms with Crippen molar-refractivity contribution < 1.29 is 9.59 Å². The van der Waals surface area contributed by atoms with Crippen LogP contribution in [0.2, 0.25) is 0 Å². The highest BCUT2D eigenvalue weighted by molar-refractivity contribution is 5.89. The minimum atomic E-state index is 0.170. The molecule has 2 aromatic carbocycles. The zero-order valence-electron chi connectivity index (χ0n) is 20.8. The quantitative estimate of drug-likeness (QED) is 0.318. The third kappa shape index (κ3) is 11.8. The summed E-state index contributed by atoms with van der Waals surface area (Å²) >= 11 is 0. The standard InChI is InChI=1S/C16H24O.C14H18O/c1-4-15(17)13-16(3,5-2)12-11-14-9-7-6-8-10-14;1-3-14(15)11-12(2)9-10-13-7-5-4-6-8-13/h6-10H,4-5,11-13H2,1-3H3;4-8,11H,3,9-10H2,1-2H3/b;12-11+/t16-;/m0./s1. The Hall–Kier alpha value is -2.48. The maximum absolute atomic E-state index is 11.6. The zero-order chi connectivity index (χ0) is 23.8. The molecule has 0 aliphatic heterocycles. The third-order valence-corrected chi connectivity index (χ3v) is 6.14. The number of ketones is 2. The molecule has 2 rings (SSSR count). The molecule has 0 spiro atoms. The van der Waals surface area contributed by atoms with Crippen LogP contribution in [0.1, 0.15) is 84.3 Å². The molecule has 0 saturated heterocycles. The Balaban J connectivity index is 0.000000323. The molecule has 0 radical (unpaired) electrons. The molecular weight excluding hydrogens is 392 g/mol. The molecule has 174 valence electrons. The molecule has 0 saturated carbocycles. The molecule has 32 heavy (non-hydrogen) atoms. The molecule has 0 bridgehead atoms. The Kier molecular flexibility index (Phi) is 13.2. The summed E-state index contributed by atoms with van der Waals surface area (Å²) in [4.78, 5) is 22.8. The monoisotopic (exact) mass is 434 g/mol. The summed E-state index contributed by atoms with van der Waals surface area (Å²) in [5, 5.41) is 0. The van der Waals surface area contributed by atoms with E-state index in [0.717, 1.165) is 38.5 Å². The van der Waals surface area contributed by atoms with Gasteiger partial charge in [0.15, 0.2) is 5.78 Å². The number of benzene rings is 2. The van der Waals surface area contributed by atoms with E-state index in [0.29, 0.717) is 18.6 Å². The predicted octanol–water partition coefficient (Wildman–Crippen LogP) is 7.95. The average Bonchev–Trinajstić information content (AvgIpc) is 2.83. The van der Waals surface area contributed by atoms with Crippen LogP contribution in [0.15, 0.2) is 72.3 Å². The first-order chi connectivity index (χ1) is 15.3. The first-order valence-electron chi connectivity index (χ1n) is 12.1. The minimum Gasteiger partial charge on any atom is -0.300 e. The SMILES string of the molecule is CCC(=O)/C=C(\C)CCc1ccccc1.CCC(=O)C[C@@](C)(CC)CCc1ccccc1. The van der Waals surface area contributed by atoms with Gasteiger partial charge in [-0.25, -0.2) is 0 Å². The van der Waals surface area contributed by atoms with Gasteiger partial charge >= 0.3 is 0 Å². The number of hydrogen-bond acceptors (Lipinski definition) is 2. The van der Waals surface area contributed by atoms with Crippen LogP contribution >= 0.6 is 0 Å². The van der Waals surface area contributed by atoms with Crippen molar-refractivity contribution in [2.24, 2.45) is 5.41 Å². The number of allylic oxidation sites excluding steroid dienone is 2. The maximum atomic E-state index is 11.6. The first kappa shape index (κ1) is 27.6. The van der Waals surface area contributed by atoms with E-state index in [1.165, 1.54) is 16.7 Å². The van der Waals surface area contributed by atoms with Gasteiger partial charge in [-0.3, -0.25) is 9.59 Å². The summed E-state index contributed by atoms with van der Waals surface area (Å²) in [6.07, 6.45) is 8.99. The fourth-order valence-corrected chi connectivity index (χ4v) is 3.52. The Morgan fingerprint density at radius 1 is 0.812 bits per heavy atom. The number of hydrogen-bond donors (Lipinski definition) is 0. The lowest BCUT2D eigenvalue weighted by Crippen LogP contribution is -2.20. The highest BCUT2D eigenvalue weighted by Gasteiger charge is 2.24. The molecule has 0 aromatic heterocycles. The summed E-state index contributed by atoms with van der Waals surface area (Å²) in [5.41, 5.74) is 4.04. The first-order valence-corrected chi connectivity index (χ1v) is 12.1. The van der Waals surface area contributed by atoms with Gasteiger partial charge in [0.05, 0.1) is 0 Å². The second-order valence-electron chi connectivity index (χ2n) is 9.01. The van der Waals surface area contributed by atoms with Crippen molar-refractivity contribution in [2.45, 2.75) is 86.0 Å². The molecule has 1 atom stereocenters. The van der Waals surface area contributed by atoms with Crippen molar-refractivity contribution in [3.8, 4) is 0 Å². The van der Waals surface area contributed by atoms with Gasteiger partial charge in [0.2, 0.25) is 0 Å². The van der Waals surface area contributed by atoms with Crippen molar-refractivity contribution in [3.05, 3.63) is 83.4 Å². The van der Waals surface area contributed by atoms with Gasteiger partial charge < -0.3 is 0 Å². The van der Waals surface area contributed by atoms with Crippen LogP contribution < -0.4 is 0 Å². The number of carbonyl (C=O) groups excluding carboxylic acids is 2. The van der Waals surface area contributed by atoms with Gasteiger partial charge in [-0.05, 0) is 55.2 Å². The molecule has 2 heteroatoms. The number of aryl methyl sites for hydroxylation is 2. The number of Topliss-reactive ketones (excluding diaryl/α,β-unsaturated/α-hetero) is 1. The zero-order valence-corrected chi connectivity index (χ0v) is 20.8. The molecule has 0 amide bonds. The molecule has 0 unspecified atom stereocenters. The van der Waals surface area contributed by atoms with E-state index in [4.69, 9.17) is 0 Å². The summed E-state index contributed by atoms with van der Waals surface area (Å²) < 4.78 is 0. The van der Waals surface area contributed by atoms with E-state index in [9.17, 15) is 9.59 Å². The second kappa shape index (κ2) is 15.3. The van der Waals surface area contributed by atoms with Gasteiger partial charge in [0, 0.05) is 19.3 Å². The largest absolute Gasteiger partial charge is 0.300 e. The van der Waals surface area contributed by atoms with Gasteiger partial charge in [-0.15, -0.1) is 0 Å². The maximum Gasteiger partial charge on any atom is 0.155 e. The van der Waals surface area contributed by atoms with Crippen LogP contribution in [-0.4, -0.2) is 11.6 Å². The molecule has 0 fully saturated rings. The molecule has 0 heterocycles. The lowest BCUT2D eigenvalue weighted by atomic mass is 9.77. The van der Waals surface area contributed by atoms with E-state index in [1.54, 1.807) is 6.08 Å². The summed E-state index contributed by atoms with van der Waals surface area (Å²) in [6, 6.07) is 20.9. The highest BCUT2D eigenvalue weighted by atomic mass is 16.1. The van der Waals surface area contributed by atoms with Gasteiger partial charge in [-0.1, -0.05) is 100 Å². The highest BCUT2D eigenvalue weighted by Crippen LogP contribution is 2.32. The van der Waals surface area contributed by atoms with E-state index < -0.39 is 0 Å². The molecule has 0 aliphatic carbocycles. The minimum absolute atomic E-state index is 0.170. The van der Waals surface area contributed by atoms with Crippen LogP contribution in [0.4, 0.5) is 0 Å². The molecular formula is C30H42O2. The smallest absolute Gasteiger partial charge is 0.155 e. The Morgan fingerprint density at radius 3 is 1.81 bits per heavy atom. The predicted molar refractivity (Wildman–Crippen MR) is 137 cm³/mol. The number of carbonyl (C=O) groups is 2. The summed E-state index contributed by atoms with van der Waals surface area (Å²) in [7, 11) is 0. The van der Waals surface area contributed by atoms with Crippen LogP contribution in [0, 0.1) is 5.41 Å². The van der Waals surface area contributed by atoms with Crippen molar-refractivity contribution in [3.63, 3.8) is 0 Å². The molecule has 2 nitrogen and oxygen atoms in total. The normalized spacial score (nSPS) is 13.0. The van der Waals surface area contributed by atoms with E-state index >= 15 is 0 Å². The summed E-state index contributed by atoms with van der Waals surface area (Å²) in [6.45, 7) is 10.3. The average molecular weight is 435 g/mol. The summed E-state index contributed by atoms with van der Waals surface area (Å²) in [5.74, 6) is 0.614. The fraction of sp³-hybridized carbons (Fsp3) is 0.467. The van der Waals surface area contributed by atoms with Crippen molar-refractivity contribution in [2.75, 3.05) is 0 Å². The van der Waals surface area contributed by atoms with Crippen LogP contribution in [0.5, 0.6) is 0 Å². The topological polar surface area (TPSA) is 34.1 Å². The Labute approximate surface area is 196 Å². The number of rotatable bonds is 12. The fourth-order valence-electron chi connectivity index (χ4n) is 3.52. The third-order valence-electron chi connectivity index (χ3n) is 6.14. The lowest BCUT2D eigenvalue weighted by Gasteiger charge is -2.27.